The first kappa shape index (κ1) is 35.8. The van der Waals surface area contributed by atoms with Gasteiger partial charge in [0.15, 0.2) is 17.5 Å². The third kappa shape index (κ3) is 6.74. The fraction of sp³-hybridized carbons (Fsp3) is 0. The van der Waals surface area contributed by atoms with Crippen LogP contribution in [0.2, 0.25) is 0 Å². The molecular formula is C56H37N5. The molecule has 0 bridgehead atoms. The minimum absolute atomic E-state index is 0.592. The molecule has 0 N–H and O–H groups in total. The average Bonchev–Trinajstić information content (AvgIpc) is 3.80. The molecule has 8 aromatic carbocycles. The number of rotatable bonds is 8. The summed E-state index contributed by atoms with van der Waals surface area (Å²) < 4.78 is 2.13. The van der Waals surface area contributed by atoms with Crippen LogP contribution in [0.5, 0.6) is 0 Å². The van der Waals surface area contributed by atoms with Gasteiger partial charge < -0.3 is 0 Å². The number of aromatic nitrogens is 5. The monoisotopic (exact) mass is 779 g/mol. The Labute approximate surface area is 354 Å². The fourth-order valence-corrected chi connectivity index (χ4v) is 8.42. The normalized spacial score (nSPS) is 11.3. The van der Waals surface area contributed by atoms with E-state index in [1.165, 1.54) is 0 Å². The first-order chi connectivity index (χ1) is 30.2. The van der Waals surface area contributed by atoms with Gasteiger partial charge in [0.2, 0.25) is 0 Å². The predicted molar refractivity (Wildman–Crippen MR) is 250 cm³/mol. The van der Waals surface area contributed by atoms with Gasteiger partial charge in [-0.1, -0.05) is 194 Å². The van der Waals surface area contributed by atoms with E-state index in [2.05, 4.69) is 193 Å². The van der Waals surface area contributed by atoms with Gasteiger partial charge in [0.1, 0.15) is 0 Å². The summed E-state index contributed by atoms with van der Waals surface area (Å²) in [6, 6.07) is 76.1. The molecule has 0 unspecified atom stereocenters. The van der Waals surface area contributed by atoms with Crippen LogP contribution >= 0.6 is 0 Å². The summed E-state index contributed by atoms with van der Waals surface area (Å²) in [6.07, 6.45) is 2.00. The van der Waals surface area contributed by atoms with Gasteiger partial charge >= 0.3 is 0 Å². The first-order valence-electron chi connectivity index (χ1n) is 20.5. The number of fused-ring (bicyclic) bond motifs is 3. The van der Waals surface area contributed by atoms with Gasteiger partial charge in [-0.05, 0) is 63.0 Å². The molecule has 3 heterocycles. The van der Waals surface area contributed by atoms with Crippen molar-refractivity contribution in [3.8, 4) is 89.9 Å². The van der Waals surface area contributed by atoms with E-state index in [9.17, 15) is 0 Å². The topological polar surface area (TPSA) is 56.0 Å². The summed E-state index contributed by atoms with van der Waals surface area (Å²) in [4.78, 5) is 15.7. The molecule has 11 aromatic rings. The van der Waals surface area contributed by atoms with Crippen LogP contribution in [0.25, 0.3) is 106 Å². The summed E-state index contributed by atoms with van der Waals surface area (Å²) in [6.45, 7) is 0. The van der Waals surface area contributed by atoms with Gasteiger partial charge in [-0.15, -0.1) is 0 Å². The van der Waals surface area contributed by atoms with Gasteiger partial charge in [0.25, 0.3) is 0 Å². The zero-order valence-electron chi connectivity index (χ0n) is 33.1. The quantitative estimate of drug-likeness (QED) is 0.154. The fourth-order valence-electron chi connectivity index (χ4n) is 8.42. The number of benzene rings is 8. The maximum atomic E-state index is 5.29. The summed E-state index contributed by atoms with van der Waals surface area (Å²) >= 11 is 0. The second-order valence-electron chi connectivity index (χ2n) is 15.1. The number of hydrogen-bond donors (Lipinski definition) is 0. The highest BCUT2D eigenvalue weighted by Gasteiger charge is 2.22. The Morgan fingerprint density at radius 3 is 1.30 bits per heavy atom. The second-order valence-corrected chi connectivity index (χ2v) is 15.1. The molecule has 0 saturated carbocycles. The van der Waals surface area contributed by atoms with Crippen molar-refractivity contribution in [3.05, 3.63) is 225 Å². The van der Waals surface area contributed by atoms with Crippen LogP contribution in [0, 0.1) is 0 Å². The Bertz CT molecular complexity index is 3270. The smallest absolute Gasteiger partial charge is 0.164 e. The maximum absolute atomic E-state index is 5.29. The van der Waals surface area contributed by atoms with Crippen molar-refractivity contribution in [2.45, 2.75) is 0 Å². The molecule has 3 aromatic heterocycles. The van der Waals surface area contributed by atoms with E-state index in [1.807, 2.05) is 36.5 Å². The molecule has 0 radical (unpaired) electrons. The third-order valence-corrected chi connectivity index (χ3v) is 11.3. The van der Waals surface area contributed by atoms with Gasteiger partial charge in [-0.3, -0.25) is 0 Å². The minimum Gasteiger partial charge on any atom is -0.231 e. The summed E-state index contributed by atoms with van der Waals surface area (Å²) in [5, 5.41) is 7.38. The van der Waals surface area contributed by atoms with Crippen LogP contribution < -0.4 is 0 Å². The first-order valence-corrected chi connectivity index (χ1v) is 20.5. The molecule has 0 fully saturated rings. The molecule has 0 aliphatic rings. The van der Waals surface area contributed by atoms with E-state index in [-0.39, 0.29) is 0 Å². The van der Waals surface area contributed by atoms with Crippen LogP contribution in [0.4, 0.5) is 0 Å². The van der Waals surface area contributed by atoms with Crippen molar-refractivity contribution in [3.63, 3.8) is 0 Å². The maximum Gasteiger partial charge on any atom is 0.164 e. The van der Waals surface area contributed by atoms with Crippen molar-refractivity contribution < 1.29 is 0 Å². The Kier molecular flexibility index (Phi) is 9.10. The lowest BCUT2D eigenvalue weighted by molar-refractivity contribution is 0.976. The van der Waals surface area contributed by atoms with Crippen molar-refractivity contribution in [1.82, 2.24) is 24.6 Å². The molecule has 0 aliphatic heterocycles. The molecule has 286 valence electrons. The van der Waals surface area contributed by atoms with Crippen molar-refractivity contribution in [2.24, 2.45) is 0 Å². The number of nitrogens with zero attached hydrogens (tertiary/aromatic N) is 5. The zero-order valence-corrected chi connectivity index (χ0v) is 33.1. The summed E-state index contributed by atoms with van der Waals surface area (Å²) in [5.74, 6) is 1.81. The zero-order chi connectivity index (χ0) is 40.5. The van der Waals surface area contributed by atoms with Gasteiger partial charge in [-0.25, -0.2) is 19.5 Å². The molecule has 5 heteroatoms. The highest BCUT2D eigenvalue weighted by Crippen LogP contribution is 2.43. The Morgan fingerprint density at radius 2 is 0.705 bits per heavy atom. The lowest BCUT2D eigenvalue weighted by Gasteiger charge is -2.18. The Morgan fingerprint density at radius 1 is 0.295 bits per heavy atom. The van der Waals surface area contributed by atoms with Crippen molar-refractivity contribution >= 4 is 16.3 Å². The summed E-state index contributed by atoms with van der Waals surface area (Å²) in [5.41, 5.74) is 14.6. The molecule has 0 atom stereocenters. The average molecular weight is 780 g/mol. The molecule has 61 heavy (non-hydrogen) atoms. The highest BCUT2D eigenvalue weighted by molar-refractivity contribution is 6.13. The third-order valence-electron chi connectivity index (χ3n) is 11.3. The Hall–Kier alpha value is -8.28. The standard InChI is InChI=1S/C56H37N5/c1-6-19-38(20-7-1)45-34-46(39-21-8-2-9-22-39)36-47(35-45)56-59-54(42-27-14-5-15-28-42)58-55(60-56)44-30-18-29-43(33-44)51-48-31-16-17-32-49(48)53-50(40-23-10-3-11-24-40)37-57-61(53)52(51)41-25-12-4-13-26-41/h1-37H. The molecule has 0 amide bonds. The Balaban J connectivity index is 1.14. The van der Waals surface area contributed by atoms with Crippen LogP contribution in [0.1, 0.15) is 0 Å². The van der Waals surface area contributed by atoms with Crippen LogP contribution in [0.3, 0.4) is 0 Å². The molecule has 0 saturated heterocycles. The van der Waals surface area contributed by atoms with Gasteiger partial charge in [0.05, 0.1) is 17.4 Å². The highest BCUT2D eigenvalue weighted by atomic mass is 15.2. The van der Waals surface area contributed by atoms with E-state index in [4.69, 9.17) is 20.1 Å². The molecule has 0 aliphatic carbocycles. The molecule has 0 spiro atoms. The number of pyridine rings is 1. The van der Waals surface area contributed by atoms with Crippen molar-refractivity contribution in [2.75, 3.05) is 0 Å². The molecular weight excluding hydrogens is 743 g/mol. The largest absolute Gasteiger partial charge is 0.231 e. The van der Waals surface area contributed by atoms with Crippen LogP contribution in [-0.2, 0) is 0 Å². The lowest BCUT2D eigenvalue weighted by Crippen LogP contribution is -2.02. The van der Waals surface area contributed by atoms with E-state index in [0.717, 1.165) is 88.7 Å². The summed E-state index contributed by atoms with van der Waals surface area (Å²) in [7, 11) is 0. The second kappa shape index (κ2) is 15.5. The minimum atomic E-state index is 0.592. The SMILES string of the molecule is c1ccc(-c2cc(-c3ccccc3)cc(-c3nc(-c4ccccc4)nc(-c4cccc(-c5c(-c6ccccc6)n6ncc(-c7ccccc7)c6c6ccccc56)c4)n3)c2)cc1. The van der Waals surface area contributed by atoms with Gasteiger partial charge in [0, 0.05) is 38.8 Å². The van der Waals surface area contributed by atoms with Crippen LogP contribution in [-0.4, -0.2) is 24.6 Å². The van der Waals surface area contributed by atoms with Crippen LogP contribution in [0.15, 0.2) is 225 Å². The van der Waals surface area contributed by atoms with Gasteiger partial charge in [-0.2, -0.15) is 5.10 Å². The lowest BCUT2D eigenvalue weighted by atomic mass is 9.91. The van der Waals surface area contributed by atoms with E-state index in [0.29, 0.717) is 17.5 Å². The van der Waals surface area contributed by atoms with Crippen molar-refractivity contribution in [1.29, 1.82) is 0 Å². The van der Waals surface area contributed by atoms with E-state index in [1.54, 1.807) is 0 Å². The number of hydrogen-bond acceptors (Lipinski definition) is 4. The van der Waals surface area contributed by atoms with E-state index >= 15 is 0 Å². The predicted octanol–water partition coefficient (Wildman–Crippen LogP) is 14.0. The molecule has 5 nitrogen and oxygen atoms in total. The van der Waals surface area contributed by atoms with E-state index < -0.39 is 0 Å². The molecule has 11 rings (SSSR count).